The maximum absolute atomic E-state index is 12.3. The zero-order chi connectivity index (χ0) is 20.6. The van der Waals surface area contributed by atoms with Gasteiger partial charge in [-0.05, 0) is 59.9 Å². The molecule has 0 atom stereocenters. The molecule has 5 heteroatoms. The summed E-state index contributed by atoms with van der Waals surface area (Å²) < 4.78 is 16.6. The van der Waals surface area contributed by atoms with Crippen LogP contribution in [0.2, 0.25) is 0 Å². The molecule has 1 aromatic heterocycles. The highest BCUT2D eigenvalue weighted by molar-refractivity contribution is 5.91. The topological polar surface area (TPSA) is 60.7 Å². The molecule has 5 nitrogen and oxygen atoms in total. The minimum atomic E-state index is -0.201. The van der Waals surface area contributed by atoms with Gasteiger partial charge in [-0.15, -0.1) is 0 Å². The Hall–Kier alpha value is -3.05. The van der Waals surface area contributed by atoms with Gasteiger partial charge in [-0.1, -0.05) is 38.1 Å². The van der Waals surface area contributed by atoms with E-state index in [1.54, 1.807) is 6.26 Å². The Bertz CT molecular complexity index is 932. The van der Waals surface area contributed by atoms with Crippen molar-refractivity contribution in [2.24, 2.45) is 0 Å². The molecule has 2 aromatic carbocycles. The van der Waals surface area contributed by atoms with E-state index in [9.17, 15) is 4.79 Å². The van der Waals surface area contributed by atoms with Crippen molar-refractivity contribution in [1.29, 1.82) is 0 Å². The Kier molecular flexibility index (Phi) is 7.09. The van der Waals surface area contributed by atoms with Crippen LogP contribution < -0.4 is 10.1 Å². The number of ether oxygens (including phenoxy) is 2. The van der Waals surface area contributed by atoms with Crippen LogP contribution >= 0.6 is 0 Å². The predicted molar refractivity (Wildman–Crippen MR) is 113 cm³/mol. The van der Waals surface area contributed by atoms with E-state index >= 15 is 0 Å². The molecule has 0 bridgehead atoms. The van der Waals surface area contributed by atoms with Gasteiger partial charge in [0, 0.05) is 5.69 Å². The zero-order valence-corrected chi connectivity index (χ0v) is 17.1. The average Bonchev–Trinajstić information content (AvgIpc) is 3.21. The second-order valence-electron chi connectivity index (χ2n) is 7.29. The van der Waals surface area contributed by atoms with Crippen LogP contribution in [-0.2, 0) is 22.7 Å². The smallest absolute Gasteiger partial charge is 0.262 e. The lowest BCUT2D eigenvalue weighted by Crippen LogP contribution is -2.20. The first-order chi connectivity index (χ1) is 14.0. The summed E-state index contributed by atoms with van der Waals surface area (Å²) in [6.07, 6.45) is 1.62. The number of hydrogen-bond donors (Lipinski definition) is 1. The molecule has 0 aliphatic rings. The summed E-state index contributed by atoms with van der Waals surface area (Å²) in [5, 5.41) is 2.88. The molecular weight excluding hydrogens is 366 g/mol. The van der Waals surface area contributed by atoms with E-state index in [0.717, 1.165) is 22.6 Å². The lowest BCUT2D eigenvalue weighted by Gasteiger charge is -2.13. The number of hydrogen-bond acceptors (Lipinski definition) is 4. The van der Waals surface area contributed by atoms with E-state index < -0.39 is 0 Å². The Balaban J connectivity index is 1.51. The van der Waals surface area contributed by atoms with Crippen LogP contribution in [0.3, 0.4) is 0 Å². The highest BCUT2D eigenvalue weighted by atomic mass is 16.5. The van der Waals surface area contributed by atoms with Gasteiger partial charge in [-0.2, -0.15) is 0 Å². The van der Waals surface area contributed by atoms with E-state index in [1.165, 1.54) is 5.56 Å². The first kappa shape index (κ1) is 20.7. The summed E-state index contributed by atoms with van der Waals surface area (Å²) in [4.78, 5) is 12.3. The Morgan fingerprint density at radius 1 is 1.07 bits per heavy atom. The molecule has 0 spiro atoms. The van der Waals surface area contributed by atoms with Gasteiger partial charge in [0.15, 0.2) is 6.61 Å². The van der Waals surface area contributed by atoms with E-state index in [2.05, 4.69) is 25.2 Å². The third kappa shape index (κ3) is 6.22. The van der Waals surface area contributed by atoms with E-state index in [4.69, 9.17) is 13.9 Å². The number of benzene rings is 2. The summed E-state index contributed by atoms with van der Waals surface area (Å²) in [6, 6.07) is 17.4. The van der Waals surface area contributed by atoms with E-state index in [-0.39, 0.29) is 12.5 Å². The van der Waals surface area contributed by atoms with Crippen LogP contribution in [0.5, 0.6) is 5.75 Å². The van der Waals surface area contributed by atoms with Gasteiger partial charge in [-0.3, -0.25) is 4.79 Å². The van der Waals surface area contributed by atoms with E-state index in [0.29, 0.717) is 24.8 Å². The first-order valence-corrected chi connectivity index (χ1v) is 9.73. The SMILES string of the molecule is Cc1ccc(C(C)C)cc1OCC(=O)Nc1cccc(COCc2ccco2)c1. The summed E-state index contributed by atoms with van der Waals surface area (Å²) in [5.74, 6) is 1.73. The van der Waals surface area contributed by atoms with Crippen LogP contribution in [-0.4, -0.2) is 12.5 Å². The molecule has 1 N–H and O–H groups in total. The molecule has 0 saturated carbocycles. The molecule has 3 rings (SSSR count). The highest BCUT2D eigenvalue weighted by Crippen LogP contribution is 2.24. The summed E-state index contributed by atoms with van der Waals surface area (Å²) in [7, 11) is 0. The van der Waals surface area contributed by atoms with Crippen LogP contribution in [0.25, 0.3) is 0 Å². The second kappa shape index (κ2) is 9.94. The lowest BCUT2D eigenvalue weighted by atomic mass is 10.0. The molecule has 152 valence electrons. The normalized spacial score (nSPS) is 10.9. The largest absolute Gasteiger partial charge is 0.483 e. The molecule has 3 aromatic rings. The molecular formula is C24H27NO4. The van der Waals surface area contributed by atoms with Crippen molar-refractivity contribution in [2.45, 2.75) is 39.9 Å². The molecule has 1 heterocycles. The van der Waals surface area contributed by atoms with Gasteiger partial charge in [0.1, 0.15) is 18.1 Å². The van der Waals surface area contributed by atoms with Crippen molar-refractivity contribution in [3.8, 4) is 5.75 Å². The number of aryl methyl sites for hydroxylation is 1. The molecule has 1 amide bonds. The average molecular weight is 393 g/mol. The number of amides is 1. The Morgan fingerprint density at radius 2 is 1.93 bits per heavy atom. The molecule has 0 fully saturated rings. The lowest BCUT2D eigenvalue weighted by molar-refractivity contribution is -0.118. The van der Waals surface area contributed by atoms with Gasteiger partial charge in [0.2, 0.25) is 0 Å². The molecule has 0 aliphatic carbocycles. The second-order valence-corrected chi connectivity index (χ2v) is 7.29. The monoisotopic (exact) mass is 393 g/mol. The van der Waals surface area contributed by atoms with Gasteiger partial charge >= 0.3 is 0 Å². The van der Waals surface area contributed by atoms with Crippen molar-refractivity contribution in [3.05, 3.63) is 83.3 Å². The van der Waals surface area contributed by atoms with Crippen molar-refractivity contribution >= 4 is 11.6 Å². The standard InChI is InChI=1S/C24H27NO4/c1-17(2)20-10-9-18(3)23(13-20)29-16-24(26)25-21-7-4-6-19(12-21)14-27-15-22-8-5-11-28-22/h4-13,17H,14-16H2,1-3H3,(H,25,26). The molecule has 0 saturated heterocycles. The number of anilines is 1. The maximum atomic E-state index is 12.3. The van der Waals surface area contributed by atoms with Crippen LogP contribution in [0.15, 0.2) is 65.3 Å². The quantitative estimate of drug-likeness (QED) is 0.525. The van der Waals surface area contributed by atoms with Gasteiger partial charge < -0.3 is 19.2 Å². The van der Waals surface area contributed by atoms with Crippen LogP contribution in [0.1, 0.15) is 42.2 Å². The summed E-state index contributed by atoms with van der Waals surface area (Å²) >= 11 is 0. The van der Waals surface area contributed by atoms with Gasteiger partial charge in [0.25, 0.3) is 5.91 Å². The van der Waals surface area contributed by atoms with Gasteiger partial charge in [0.05, 0.1) is 12.9 Å². The third-order valence-electron chi connectivity index (χ3n) is 4.54. The number of carbonyl (C=O) groups is 1. The third-order valence-corrected chi connectivity index (χ3v) is 4.54. The van der Waals surface area contributed by atoms with Crippen molar-refractivity contribution in [2.75, 3.05) is 11.9 Å². The number of furan rings is 1. The Morgan fingerprint density at radius 3 is 2.69 bits per heavy atom. The first-order valence-electron chi connectivity index (χ1n) is 9.73. The zero-order valence-electron chi connectivity index (χ0n) is 17.1. The van der Waals surface area contributed by atoms with Crippen LogP contribution in [0, 0.1) is 6.92 Å². The maximum Gasteiger partial charge on any atom is 0.262 e. The highest BCUT2D eigenvalue weighted by Gasteiger charge is 2.08. The van der Waals surface area contributed by atoms with Crippen LogP contribution in [0.4, 0.5) is 5.69 Å². The predicted octanol–water partition coefficient (Wildman–Crippen LogP) is 5.45. The summed E-state index contributed by atoms with van der Waals surface area (Å²) in [6.45, 7) is 7.04. The number of carbonyl (C=O) groups excluding carboxylic acids is 1. The Labute approximate surface area is 171 Å². The fourth-order valence-electron chi connectivity index (χ4n) is 2.87. The molecule has 0 radical (unpaired) electrons. The van der Waals surface area contributed by atoms with Crippen molar-refractivity contribution in [3.63, 3.8) is 0 Å². The molecule has 29 heavy (non-hydrogen) atoms. The molecule has 0 unspecified atom stereocenters. The summed E-state index contributed by atoms with van der Waals surface area (Å²) in [5.41, 5.74) is 3.88. The number of nitrogens with one attached hydrogen (secondary N) is 1. The van der Waals surface area contributed by atoms with Crippen molar-refractivity contribution in [1.82, 2.24) is 0 Å². The minimum Gasteiger partial charge on any atom is -0.483 e. The van der Waals surface area contributed by atoms with E-state index in [1.807, 2.05) is 55.5 Å². The van der Waals surface area contributed by atoms with Gasteiger partial charge in [-0.25, -0.2) is 0 Å². The fraction of sp³-hybridized carbons (Fsp3) is 0.292. The molecule has 0 aliphatic heterocycles. The fourth-order valence-corrected chi connectivity index (χ4v) is 2.87. The number of rotatable bonds is 9. The van der Waals surface area contributed by atoms with Crippen molar-refractivity contribution < 1.29 is 18.7 Å². The minimum absolute atomic E-state index is 0.0401.